The Bertz CT molecular complexity index is 1950. The first-order valence-corrected chi connectivity index (χ1v) is 15.5. The fourth-order valence-electron chi connectivity index (χ4n) is 6.68. The molecule has 0 saturated carbocycles. The van der Waals surface area contributed by atoms with Gasteiger partial charge in [0.05, 0.1) is 11.8 Å². The molecule has 2 bridgehead atoms. The van der Waals surface area contributed by atoms with Crippen molar-refractivity contribution in [3.8, 4) is 5.75 Å². The minimum Gasteiger partial charge on any atom is -0.483 e. The van der Waals surface area contributed by atoms with Crippen molar-refractivity contribution in [3.63, 3.8) is 0 Å². The Hall–Kier alpha value is -5.32. The number of nitrogens with one attached hydrogen (secondary N) is 1. The zero-order valence-corrected chi connectivity index (χ0v) is 25.6. The third-order valence-corrected chi connectivity index (χ3v) is 9.32. The van der Waals surface area contributed by atoms with Crippen molar-refractivity contribution in [1.29, 1.82) is 0 Å². The number of hydrogen-bond acceptors (Lipinski definition) is 6. The molecule has 3 aliphatic heterocycles. The molecule has 3 aromatic carbocycles. The zero-order valence-electron chi connectivity index (χ0n) is 25.6. The number of nitrogens with zero attached hydrogens (tertiary/aromatic N) is 3. The smallest absolute Gasteiger partial charge is 0.274 e. The molecule has 4 aromatic rings. The molecule has 1 aromatic heterocycles. The summed E-state index contributed by atoms with van der Waals surface area (Å²) in [6.07, 6.45) is 3.04. The van der Waals surface area contributed by atoms with Crippen LogP contribution >= 0.6 is 0 Å². The minimum absolute atomic E-state index is 0.0225. The predicted molar refractivity (Wildman–Crippen MR) is 169 cm³/mol. The summed E-state index contributed by atoms with van der Waals surface area (Å²) in [5, 5.41) is 7.09. The van der Waals surface area contributed by atoms with Gasteiger partial charge in [-0.3, -0.25) is 14.4 Å². The van der Waals surface area contributed by atoms with Gasteiger partial charge < -0.3 is 24.4 Å². The highest BCUT2D eigenvalue weighted by Gasteiger charge is 2.54. The first-order valence-electron chi connectivity index (χ1n) is 15.5. The summed E-state index contributed by atoms with van der Waals surface area (Å²) >= 11 is 0. The molecule has 3 atom stereocenters. The topological polar surface area (TPSA) is 102 Å². The molecule has 0 radical (unpaired) electrons. The van der Waals surface area contributed by atoms with Crippen molar-refractivity contribution in [2.24, 2.45) is 5.16 Å². The fraction of sp³-hybridized carbons (Fsp3) is 0.278. The van der Waals surface area contributed by atoms with Gasteiger partial charge in [-0.2, -0.15) is 0 Å². The van der Waals surface area contributed by atoms with Crippen LogP contribution in [0.1, 0.15) is 69.8 Å². The summed E-state index contributed by atoms with van der Waals surface area (Å²) in [6.45, 7) is 1.93. The summed E-state index contributed by atoms with van der Waals surface area (Å²) in [5.74, 6) is -3.00. The Morgan fingerprint density at radius 3 is 2.55 bits per heavy atom. The van der Waals surface area contributed by atoms with Gasteiger partial charge in [0.25, 0.3) is 11.8 Å². The molecule has 1 saturated heterocycles. The summed E-state index contributed by atoms with van der Waals surface area (Å²) in [7, 11) is 0. The lowest BCUT2D eigenvalue weighted by atomic mass is 9.83. The Morgan fingerprint density at radius 2 is 1.81 bits per heavy atom. The number of benzene rings is 3. The second-order valence-electron chi connectivity index (χ2n) is 12.2. The first-order chi connectivity index (χ1) is 22.7. The molecular formula is C36H32F2N4O5. The van der Waals surface area contributed by atoms with Crippen LogP contribution in [0.15, 0.2) is 95.0 Å². The molecule has 240 valence electrons. The van der Waals surface area contributed by atoms with E-state index in [0.717, 1.165) is 29.0 Å². The average Bonchev–Trinajstić information content (AvgIpc) is 3.47. The first kappa shape index (κ1) is 30.3. The van der Waals surface area contributed by atoms with Gasteiger partial charge in [0.1, 0.15) is 23.8 Å². The number of fused-ring (bicyclic) bond motifs is 5. The maximum atomic E-state index is 14.4. The van der Waals surface area contributed by atoms with Gasteiger partial charge in [-0.15, -0.1) is 0 Å². The number of carbonyl (C=O) groups is 2. The standard InChI is InChI=1S/C36H32F2N4O5/c1-22-14-15-36(17-29(40-47-36)24-10-6-3-7-11-24)30-20-41(22)35(45)31-33(46-21-23-8-4-2-5-9-23)32(43)27(19-42(30)31)34(44)39-18-25-12-13-26(37)16-28(25)38/h2-13,16,19,22,30H,14-15,17-18,20-21H2,1H3,(H,39,44)/t22-,30+,36-/m0/s1. The third-order valence-electron chi connectivity index (χ3n) is 9.32. The van der Waals surface area contributed by atoms with Crippen LogP contribution in [0.2, 0.25) is 0 Å². The maximum Gasteiger partial charge on any atom is 0.274 e. The molecule has 3 aliphatic rings. The van der Waals surface area contributed by atoms with E-state index in [-0.39, 0.29) is 54.2 Å². The van der Waals surface area contributed by atoms with E-state index >= 15 is 0 Å². The van der Waals surface area contributed by atoms with Crippen LogP contribution in [0.5, 0.6) is 5.75 Å². The van der Waals surface area contributed by atoms with E-state index in [0.29, 0.717) is 19.3 Å². The maximum absolute atomic E-state index is 14.4. The SMILES string of the molecule is C[C@H]1CC[C@]2(CC(c3ccccc3)=NO2)[C@H]2CN1C(=O)c1c(OCc3ccccc3)c(=O)c(C(=O)NCc3ccc(F)cc3F)cn12. The second kappa shape index (κ2) is 12.1. The predicted octanol–water partition coefficient (Wildman–Crippen LogP) is 5.38. The summed E-state index contributed by atoms with van der Waals surface area (Å²) < 4.78 is 35.6. The van der Waals surface area contributed by atoms with Crippen molar-refractivity contribution in [2.75, 3.05) is 6.54 Å². The highest BCUT2D eigenvalue weighted by Crippen LogP contribution is 2.47. The lowest BCUT2D eigenvalue weighted by molar-refractivity contribution is -0.0656. The molecule has 47 heavy (non-hydrogen) atoms. The van der Waals surface area contributed by atoms with E-state index < -0.39 is 34.6 Å². The van der Waals surface area contributed by atoms with E-state index in [2.05, 4.69) is 10.5 Å². The third kappa shape index (κ3) is 5.55. The van der Waals surface area contributed by atoms with Crippen LogP contribution in [0.3, 0.4) is 0 Å². The molecule has 7 rings (SSSR count). The molecule has 1 fully saturated rings. The van der Waals surface area contributed by atoms with Gasteiger partial charge in [0, 0.05) is 43.4 Å². The van der Waals surface area contributed by atoms with E-state index in [4.69, 9.17) is 9.57 Å². The Balaban J connectivity index is 1.32. The monoisotopic (exact) mass is 638 g/mol. The summed E-state index contributed by atoms with van der Waals surface area (Å²) in [5.41, 5.74) is 0.608. The minimum atomic E-state index is -0.875. The Kier molecular flexibility index (Phi) is 7.83. The lowest BCUT2D eigenvalue weighted by Gasteiger charge is -2.42. The molecule has 0 unspecified atom stereocenters. The number of oxime groups is 1. The van der Waals surface area contributed by atoms with Crippen LogP contribution in [-0.2, 0) is 18.0 Å². The molecule has 1 spiro atoms. The van der Waals surface area contributed by atoms with Crippen LogP contribution < -0.4 is 15.5 Å². The Morgan fingerprint density at radius 1 is 1.06 bits per heavy atom. The number of ether oxygens (including phenoxy) is 1. The van der Waals surface area contributed by atoms with Crippen LogP contribution in [0, 0.1) is 11.6 Å². The highest BCUT2D eigenvalue weighted by atomic mass is 19.1. The van der Waals surface area contributed by atoms with Crippen molar-refractivity contribution in [1.82, 2.24) is 14.8 Å². The van der Waals surface area contributed by atoms with E-state index in [9.17, 15) is 23.2 Å². The van der Waals surface area contributed by atoms with Crippen LogP contribution in [-0.4, -0.2) is 45.2 Å². The van der Waals surface area contributed by atoms with Gasteiger partial charge in [-0.1, -0.05) is 71.9 Å². The number of aromatic nitrogens is 1. The number of carbonyl (C=O) groups excluding carboxylic acids is 2. The number of halogens is 2. The highest BCUT2D eigenvalue weighted by molar-refractivity contribution is 6.02. The van der Waals surface area contributed by atoms with Crippen molar-refractivity contribution in [2.45, 2.75) is 57.0 Å². The average molecular weight is 639 g/mol. The molecule has 1 N–H and O–H groups in total. The molecular weight excluding hydrogens is 606 g/mol. The summed E-state index contributed by atoms with van der Waals surface area (Å²) in [4.78, 5) is 49.9. The van der Waals surface area contributed by atoms with Gasteiger partial charge >= 0.3 is 0 Å². The van der Waals surface area contributed by atoms with Crippen molar-refractivity contribution < 1.29 is 27.9 Å². The van der Waals surface area contributed by atoms with Crippen molar-refractivity contribution in [3.05, 3.63) is 135 Å². The van der Waals surface area contributed by atoms with E-state index in [1.807, 2.05) is 67.6 Å². The van der Waals surface area contributed by atoms with Crippen molar-refractivity contribution >= 4 is 17.5 Å². The zero-order chi connectivity index (χ0) is 32.7. The largest absolute Gasteiger partial charge is 0.483 e. The van der Waals surface area contributed by atoms with Gasteiger partial charge in [-0.05, 0) is 37.0 Å². The second-order valence-corrected chi connectivity index (χ2v) is 12.2. The molecule has 4 heterocycles. The molecule has 9 nitrogen and oxygen atoms in total. The molecule has 2 amide bonds. The van der Waals surface area contributed by atoms with Crippen LogP contribution in [0.4, 0.5) is 8.78 Å². The number of rotatable bonds is 7. The van der Waals surface area contributed by atoms with Gasteiger partial charge in [-0.25, -0.2) is 8.78 Å². The summed E-state index contributed by atoms with van der Waals surface area (Å²) in [6, 6.07) is 21.2. The normalized spacial score (nSPS) is 21.5. The Labute approximate surface area is 269 Å². The molecule has 11 heteroatoms. The number of amides is 2. The van der Waals surface area contributed by atoms with Gasteiger partial charge in [0.2, 0.25) is 5.43 Å². The number of pyridine rings is 1. The number of hydrogen-bond donors (Lipinski definition) is 1. The van der Waals surface area contributed by atoms with E-state index in [1.54, 1.807) is 9.47 Å². The van der Waals surface area contributed by atoms with E-state index in [1.165, 1.54) is 12.3 Å². The lowest BCUT2D eigenvalue weighted by Crippen LogP contribution is -2.52. The fourth-order valence-corrected chi connectivity index (χ4v) is 6.68. The quantitative estimate of drug-likeness (QED) is 0.293. The van der Waals surface area contributed by atoms with Gasteiger partial charge in [0.15, 0.2) is 17.0 Å². The molecule has 0 aliphatic carbocycles. The van der Waals surface area contributed by atoms with Crippen LogP contribution in [0.25, 0.3) is 0 Å².